The third kappa shape index (κ3) is 4.46. The Balaban J connectivity index is 2.34. The molecular formula is C17H20N2O3S. The fourth-order valence-corrected chi connectivity index (χ4v) is 2.87. The summed E-state index contributed by atoms with van der Waals surface area (Å²) in [4.78, 5) is 13.7. The van der Waals surface area contributed by atoms with Gasteiger partial charge in [0.25, 0.3) is 5.69 Å². The van der Waals surface area contributed by atoms with Gasteiger partial charge in [0.2, 0.25) is 0 Å². The van der Waals surface area contributed by atoms with E-state index in [0.29, 0.717) is 12.3 Å². The van der Waals surface area contributed by atoms with E-state index in [1.54, 1.807) is 23.9 Å². The molecule has 0 amide bonds. The van der Waals surface area contributed by atoms with Gasteiger partial charge in [-0.2, -0.15) is 0 Å². The molecular weight excluding hydrogens is 312 g/mol. The smallest absolute Gasteiger partial charge is 0.270 e. The highest BCUT2D eigenvalue weighted by atomic mass is 32.2. The number of aryl methyl sites for hydroxylation is 1. The van der Waals surface area contributed by atoms with Gasteiger partial charge in [-0.15, -0.1) is 11.8 Å². The van der Waals surface area contributed by atoms with E-state index >= 15 is 0 Å². The van der Waals surface area contributed by atoms with E-state index in [-0.39, 0.29) is 10.6 Å². The van der Waals surface area contributed by atoms with Crippen molar-refractivity contribution in [2.45, 2.75) is 18.4 Å². The van der Waals surface area contributed by atoms with Crippen LogP contribution in [0.25, 0.3) is 0 Å². The molecule has 0 fully saturated rings. The maximum absolute atomic E-state index is 11.0. The molecule has 2 aromatic carbocycles. The average molecular weight is 332 g/mol. The molecule has 0 unspecified atom stereocenters. The van der Waals surface area contributed by atoms with Gasteiger partial charge in [-0.05, 0) is 57.1 Å². The number of hydrogen-bond donors (Lipinski definition) is 0. The topological polar surface area (TPSA) is 55.6 Å². The lowest BCUT2D eigenvalue weighted by atomic mass is 10.1. The van der Waals surface area contributed by atoms with Crippen LogP contribution >= 0.6 is 11.8 Å². The summed E-state index contributed by atoms with van der Waals surface area (Å²) in [6.45, 7) is 2.61. The summed E-state index contributed by atoms with van der Waals surface area (Å²) in [5.74, 6) is 1.37. The Morgan fingerprint density at radius 2 is 1.96 bits per heavy atom. The van der Waals surface area contributed by atoms with Crippen LogP contribution in [0.3, 0.4) is 0 Å². The van der Waals surface area contributed by atoms with E-state index < -0.39 is 0 Å². The molecule has 0 bridgehead atoms. The summed E-state index contributed by atoms with van der Waals surface area (Å²) >= 11 is 1.69. The lowest BCUT2D eigenvalue weighted by molar-refractivity contribution is -0.384. The molecule has 0 aliphatic carbocycles. The van der Waals surface area contributed by atoms with E-state index in [1.807, 2.05) is 50.4 Å². The van der Waals surface area contributed by atoms with Crippen molar-refractivity contribution >= 4 is 17.4 Å². The van der Waals surface area contributed by atoms with Crippen molar-refractivity contribution in [3.05, 3.63) is 57.6 Å². The van der Waals surface area contributed by atoms with Crippen molar-refractivity contribution in [2.24, 2.45) is 0 Å². The molecule has 0 aromatic heterocycles. The number of thioether (sulfide) groups is 1. The largest absolute Gasteiger partial charge is 0.457 e. The molecule has 0 aliphatic heterocycles. The van der Waals surface area contributed by atoms with Crippen LogP contribution in [0.2, 0.25) is 0 Å². The Morgan fingerprint density at radius 1 is 1.22 bits per heavy atom. The minimum absolute atomic E-state index is 0.0723. The first kappa shape index (κ1) is 17.3. The summed E-state index contributed by atoms with van der Waals surface area (Å²) < 4.78 is 5.97. The fourth-order valence-electron chi connectivity index (χ4n) is 2.28. The van der Waals surface area contributed by atoms with Crippen LogP contribution in [0.5, 0.6) is 11.5 Å². The second-order valence-corrected chi connectivity index (χ2v) is 6.37. The van der Waals surface area contributed by atoms with E-state index in [9.17, 15) is 10.1 Å². The van der Waals surface area contributed by atoms with Crippen LogP contribution in [-0.4, -0.2) is 30.2 Å². The molecule has 0 heterocycles. The standard InChI is InChI=1S/C17H20N2O3S/c1-12-9-15(6-8-17(12)23-4)22-16-7-5-14(19(20)21)10-13(16)11-18(2)3/h5-10H,11H2,1-4H3. The molecule has 5 nitrogen and oxygen atoms in total. The highest BCUT2D eigenvalue weighted by Crippen LogP contribution is 2.31. The number of non-ortho nitro benzene ring substituents is 1. The van der Waals surface area contributed by atoms with Gasteiger partial charge >= 0.3 is 0 Å². The van der Waals surface area contributed by atoms with Crippen LogP contribution in [0.15, 0.2) is 41.3 Å². The minimum atomic E-state index is -0.389. The second-order valence-electron chi connectivity index (χ2n) is 5.52. The Labute approximate surface area is 140 Å². The fraction of sp³-hybridized carbons (Fsp3) is 0.294. The first-order valence-corrected chi connectivity index (χ1v) is 8.37. The van der Waals surface area contributed by atoms with Gasteiger partial charge in [-0.3, -0.25) is 10.1 Å². The number of nitrogens with zero attached hydrogens (tertiary/aromatic N) is 2. The monoisotopic (exact) mass is 332 g/mol. The van der Waals surface area contributed by atoms with Gasteiger partial charge in [-0.25, -0.2) is 0 Å². The van der Waals surface area contributed by atoms with Crippen LogP contribution in [-0.2, 0) is 6.54 Å². The van der Waals surface area contributed by atoms with Crippen LogP contribution in [0, 0.1) is 17.0 Å². The Hall–Kier alpha value is -2.05. The van der Waals surface area contributed by atoms with Crippen LogP contribution in [0.4, 0.5) is 5.69 Å². The number of ether oxygens (including phenoxy) is 1. The maximum Gasteiger partial charge on any atom is 0.270 e. The summed E-state index contributed by atoms with van der Waals surface area (Å²) in [6.07, 6.45) is 2.04. The molecule has 6 heteroatoms. The van der Waals surface area contributed by atoms with Gasteiger partial charge in [0, 0.05) is 29.1 Å². The number of benzene rings is 2. The van der Waals surface area contributed by atoms with Crippen LogP contribution < -0.4 is 4.74 Å². The molecule has 2 rings (SSSR count). The quantitative estimate of drug-likeness (QED) is 0.443. The summed E-state index contributed by atoms with van der Waals surface area (Å²) in [5, 5.41) is 11.0. The first-order valence-electron chi connectivity index (χ1n) is 7.15. The Kier molecular flexibility index (Phi) is 5.63. The zero-order chi connectivity index (χ0) is 17.0. The van der Waals surface area contributed by atoms with E-state index in [4.69, 9.17) is 4.74 Å². The maximum atomic E-state index is 11.0. The first-order chi connectivity index (χ1) is 10.9. The van der Waals surface area contributed by atoms with Gasteiger partial charge in [0.15, 0.2) is 0 Å². The molecule has 0 aliphatic rings. The van der Waals surface area contributed by atoms with E-state index in [0.717, 1.165) is 16.9 Å². The Bertz CT molecular complexity index is 717. The van der Waals surface area contributed by atoms with Gasteiger partial charge in [0.1, 0.15) is 11.5 Å². The molecule has 0 N–H and O–H groups in total. The number of hydrogen-bond acceptors (Lipinski definition) is 5. The molecule has 0 saturated carbocycles. The number of nitro groups is 1. The summed E-state index contributed by atoms with van der Waals surface area (Å²) in [7, 11) is 3.83. The molecule has 122 valence electrons. The lowest BCUT2D eigenvalue weighted by Crippen LogP contribution is -2.11. The van der Waals surface area contributed by atoms with Gasteiger partial charge < -0.3 is 9.64 Å². The van der Waals surface area contributed by atoms with Crippen molar-refractivity contribution in [2.75, 3.05) is 20.4 Å². The molecule has 2 aromatic rings. The van der Waals surface area contributed by atoms with Crippen molar-refractivity contribution in [1.82, 2.24) is 4.90 Å². The summed E-state index contributed by atoms with van der Waals surface area (Å²) in [5.41, 5.74) is 2.00. The molecule has 23 heavy (non-hydrogen) atoms. The second kappa shape index (κ2) is 7.48. The number of nitro benzene ring substituents is 1. The van der Waals surface area contributed by atoms with Crippen molar-refractivity contribution in [3.63, 3.8) is 0 Å². The SMILES string of the molecule is CSc1ccc(Oc2ccc([N+](=O)[O-])cc2CN(C)C)cc1C. The minimum Gasteiger partial charge on any atom is -0.457 e. The molecule has 0 spiro atoms. The normalized spacial score (nSPS) is 10.8. The third-order valence-corrected chi connectivity index (χ3v) is 4.23. The molecule has 0 saturated heterocycles. The van der Waals surface area contributed by atoms with Crippen molar-refractivity contribution < 1.29 is 9.66 Å². The predicted octanol–water partition coefficient (Wildman–Crippen LogP) is 4.48. The molecule has 0 atom stereocenters. The number of rotatable bonds is 6. The predicted molar refractivity (Wildman–Crippen MR) is 93.5 cm³/mol. The highest BCUT2D eigenvalue weighted by Gasteiger charge is 2.13. The van der Waals surface area contributed by atoms with Crippen molar-refractivity contribution in [1.29, 1.82) is 0 Å². The Morgan fingerprint density at radius 3 is 2.52 bits per heavy atom. The van der Waals surface area contributed by atoms with Crippen molar-refractivity contribution in [3.8, 4) is 11.5 Å². The third-order valence-electron chi connectivity index (χ3n) is 3.34. The van der Waals surface area contributed by atoms with Gasteiger partial charge in [-0.1, -0.05) is 0 Å². The zero-order valence-corrected chi connectivity index (χ0v) is 14.5. The van der Waals surface area contributed by atoms with E-state index in [1.165, 1.54) is 11.0 Å². The van der Waals surface area contributed by atoms with Gasteiger partial charge in [0.05, 0.1) is 4.92 Å². The zero-order valence-electron chi connectivity index (χ0n) is 13.7. The van der Waals surface area contributed by atoms with Crippen LogP contribution in [0.1, 0.15) is 11.1 Å². The lowest BCUT2D eigenvalue weighted by Gasteiger charge is -2.15. The summed E-state index contributed by atoms with van der Waals surface area (Å²) in [6, 6.07) is 10.6. The molecule has 0 radical (unpaired) electrons. The average Bonchev–Trinajstić information content (AvgIpc) is 2.48. The van der Waals surface area contributed by atoms with E-state index in [2.05, 4.69) is 0 Å². The highest BCUT2D eigenvalue weighted by molar-refractivity contribution is 7.98.